The van der Waals surface area contributed by atoms with Crippen molar-refractivity contribution in [3.05, 3.63) is 0 Å². The molecule has 1 heterocycles. The van der Waals surface area contributed by atoms with Crippen LogP contribution in [0.25, 0.3) is 0 Å². The molecule has 2 N–H and O–H groups in total. The molecule has 1 aliphatic heterocycles. The Morgan fingerprint density at radius 1 is 1.04 bits per heavy atom. The topological polar surface area (TPSA) is 42.9 Å². The van der Waals surface area contributed by atoms with Crippen molar-refractivity contribution in [3.63, 3.8) is 0 Å². The van der Waals surface area contributed by atoms with E-state index in [2.05, 4.69) is 41.2 Å². The zero-order chi connectivity index (χ0) is 17.9. The van der Waals surface area contributed by atoms with E-state index in [1.54, 1.807) is 0 Å². The lowest BCUT2D eigenvalue weighted by Gasteiger charge is -2.34. The lowest BCUT2D eigenvalue weighted by molar-refractivity contribution is 0.139. The van der Waals surface area contributed by atoms with Gasteiger partial charge in [-0.1, -0.05) is 33.1 Å². The molecular weight excluding hydrogens is 437 g/mol. The monoisotopic (exact) mass is 479 g/mol. The van der Waals surface area contributed by atoms with E-state index in [-0.39, 0.29) is 24.0 Å². The summed E-state index contributed by atoms with van der Waals surface area (Å²) in [6.45, 7) is 16.8. The molecule has 0 spiro atoms. The zero-order valence-corrected chi connectivity index (χ0v) is 19.6. The van der Waals surface area contributed by atoms with E-state index in [1.165, 1.54) is 64.8 Å². The number of halogens is 1. The molecule has 0 bridgehead atoms. The van der Waals surface area contributed by atoms with Crippen LogP contribution in [0, 0.1) is 11.8 Å². The van der Waals surface area contributed by atoms with Crippen LogP contribution in [0.4, 0.5) is 0 Å². The number of hydrogen-bond acceptors (Lipinski definition) is 3. The number of likely N-dealkylation sites (N-methyl/N-ethyl adjacent to an activating group) is 1. The molecule has 0 aromatic heterocycles. The Morgan fingerprint density at radius 2 is 1.77 bits per heavy atom. The molecule has 154 valence electrons. The SMILES string of the molecule is CCNC(=NCCC1CCCC(C)C1)NCCN1CCN(CC)CC1.I. The summed E-state index contributed by atoms with van der Waals surface area (Å²) in [6, 6.07) is 0. The first-order valence-electron chi connectivity index (χ1n) is 10.7. The molecule has 0 aromatic rings. The second-order valence-electron chi connectivity index (χ2n) is 7.89. The van der Waals surface area contributed by atoms with E-state index in [0.717, 1.165) is 44.0 Å². The molecule has 0 aromatic carbocycles. The highest BCUT2D eigenvalue weighted by atomic mass is 127. The fraction of sp³-hybridized carbons (Fsp3) is 0.950. The van der Waals surface area contributed by atoms with Crippen LogP contribution in [-0.2, 0) is 0 Å². The number of guanidine groups is 1. The minimum atomic E-state index is 0. The number of hydrogen-bond donors (Lipinski definition) is 2. The van der Waals surface area contributed by atoms with Gasteiger partial charge in [-0.25, -0.2) is 0 Å². The molecular formula is C20H42IN5. The summed E-state index contributed by atoms with van der Waals surface area (Å²) in [6.07, 6.45) is 6.91. The maximum atomic E-state index is 4.81. The van der Waals surface area contributed by atoms with E-state index in [1.807, 2.05) is 0 Å². The average Bonchev–Trinajstić information content (AvgIpc) is 2.62. The second kappa shape index (κ2) is 14.0. The van der Waals surface area contributed by atoms with Gasteiger partial charge in [-0.15, -0.1) is 24.0 Å². The lowest BCUT2D eigenvalue weighted by Crippen LogP contribution is -2.49. The van der Waals surface area contributed by atoms with E-state index in [0.29, 0.717) is 0 Å². The molecule has 1 aliphatic carbocycles. The van der Waals surface area contributed by atoms with Crippen LogP contribution >= 0.6 is 24.0 Å². The van der Waals surface area contributed by atoms with Gasteiger partial charge in [-0.2, -0.15) is 0 Å². The van der Waals surface area contributed by atoms with E-state index in [4.69, 9.17) is 4.99 Å². The predicted molar refractivity (Wildman–Crippen MR) is 124 cm³/mol. The van der Waals surface area contributed by atoms with Crippen LogP contribution in [0.1, 0.15) is 52.9 Å². The number of rotatable bonds is 8. The third-order valence-corrected chi connectivity index (χ3v) is 5.83. The summed E-state index contributed by atoms with van der Waals surface area (Å²) in [4.78, 5) is 9.90. The molecule has 2 rings (SSSR count). The van der Waals surface area contributed by atoms with E-state index < -0.39 is 0 Å². The molecule has 1 saturated heterocycles. The van der Waals surface area contributed by atoms with Crippen LogP contribution < -0.4 is 10.6 Å². The van der Waals surface area contributed by atoms with Crippen LogP contribution in [0.5, 0.6) is 0 Å². The molecule has 2 atom stereocenters. The number of nitrogens with zero attached hydrogens (tertiary/aromatic N) is 3. The second-order valence-corrected chi connectivity index (χ2v) is 7.89. The Balaban J connectivity index is 0.00000338. The molecule has 2 aliphatic rings. The van der Waals surface area contributed by atoms with Gasteiger partial charge in [0, 0.05) is 52.4 Å². The Morgan fingerprint density at radius 3 is 2.42 bits per heavy atom. The van der Waals surface area contributed by atoms with E-state index in [9.17, 15) is 0 Å². The molecule has 5 nitrogen and oxygen atoms in total. The van der Waals surface area contributed by atoms with Gasteiger partial charge in [0.25, 0.3) is 0 Å². The van der Waals surface area contributed by atoms with Crippen molar-refractivity contribution < 1.29 is 0 Å². The minimum Gasteiger partial charge on any atom is -0.357 e. The first kappa shape index (κ1) is 24.0. The number of nitrogens with one attached hydrogen (secondary N) is 2. The summed E-state index contributed by atoms with van der Waals surface area (Å²) in [5.74, 6) is 2.81. The quantitative estimate of drug-likeness (QED) is 0.319. The van der Waals surface area contributed by atoms with Gasteiger partial charge >= 0.3 is 0 Å². The van der Waals surface area contributed by atoms with Crippen molar-refractivity contribution in [1.82, 2.24) is 20.4 Å². The smallest absolute Gasteiger partial charge is 0.191 e. The molecule has 0 amide bonds. The van der Waals surface area contributed by atoms with Crippen LogP contribution in [-0.4, -0.2) is 74.7 Å². The van der Waals surface area contributed by atoms with Crippen molar-refractivity contribution in [2.24, 2.45) is 16.8 Å². The largest absolute Gasteiger partial charge is 0.357 e. The highest BCUT2D eigenvalue weighted by Crippen LogP contribution is 2.30. The third-order valence-electron chi connectivity index (χ3n) is 5.83. The third kappa shape index (κ3) is 9.22. The number of aliphatic imine (C=N–C) groups is 1. The summed E-state index contributed by atoms with van der Waals surface area (Å²) < 4.78 is 0. The zero-order valence-electron chi connectivity index (χ0n) is 17.3. The molecule has 2 unspecified atom stereocenters. The highest BCUT2D eigenvalue weighted by Gasteiger charge is 2.18. The van der Waals surface area contributed by atoms with Crippen molar-refractivity contribution in [2.75, 3.05) is 58.9 Å². The van der Waals surface area contributed by atoms with Gasteiger partial charge in [0.05, 0.1) is 0 Å². The summed E-state index contributed by atoms with van der Waals surface area (Å²) in [5.41, 5.74) is 0. The van der Waals surface area contributed by atoms with Crippen molar-refractivity contribution in [2.45, 2.75) is 52.9 Å². The first-order chi connectivity index (χ1) is 12.2. The minimum absolute atomic E-state index is 0. The van der Waals surface area contributed by atoms with Gasteiger partial charge in [0.1, 0.15) is 0 Å². The maximum absolute atomic E-state index is 4.81. The summed E-state index contributed by atoms with van der Waals surface area (Å²) >= 11 is 0. The van der Waals surface area contributed by atoms with Crippen molar-refractivity contribution >= 4 is 29.9 Å². The number of piperazine rings is 1. The van der Waals surface area contributed by atoms with Crippen LogP contribution in [0.3, 0.4) is 0 Å². The molecule has 6 heteroatoms. The van der Waals surface area contributed by atoms with Gasteiger partial charge in [-0.05, 0) is 38.1 Å². The first-order valence-corrected chi connectivity index (χ1v) is 10.7. The maximum Gasteiger partial charge on any atom is 0.191 e. The molecule has 0 radical (unpaired) electrons. The fourth-order valence-electron chi connectivity index (χ4n) is 4.18. The van der Waals surface area contributed by atoms with Gasteiger partial charge in [-0.3, -0.25) is 9.89 Å². The molecule has 26 heavy (non-hydrogen) atoms. The Bertz CT molecular complexity index is 382. The average molecular weight is 479 g/mol. The van der Waals surface area contributed by atoms with Crippen LogP contribution in [0.2, 0.25) is 0 Å². The van der Waals surface area contributed by atoms with Crippen molar-refractivity contribution in [3.8, 4) is 0 Å². The van der Waals surface area contributed by atoms with Crippen molar-refractivity contribution in [1.29, 1.82) is 0 Å². The molecule has 1 saturated carbocycles. The normalized spacial score (nSPS) is 25.6. The van der Waals surface area contributed by atoms with Gasteiger partial charge in [0.2, 0.25) is 0 Å². The fourth-order valence-corrected chi connectivity index (χ4v) is 4.18. The van der Waals surface area contributed by atoms with Gasteiger partial charge in [0.15, 0.2) is 5.96 Å². The van der Waals surface area contributed by atoms with E-state index >= 15 is 0 Å². The van der Waals surface area contributed by atoms with Gasteiger partial charge < -0.3 is 15.5 Å². The standard InChI is InChI=1S/C20H41N5.HI/c1-4-21-20(22-10-9-19-8-6-7-18(3)17-19)23-11-12-25-15-13-24(5-2)14-16-25;/h18-19H,4-17H2,1-3H3,(H2,21,22,23);1H. The Hall–Kier alpha value is -0.0800. The lowest BCUT2D eigenvalue weighted by atomic mass is 9.81. The summed E-state index contributed by atoms with van der Waals surface area (Å²) in [7, 11) is 0. The Kier molecular flexibility index (Phi) is 12.9. The molecule has 2 fully saturated rings. The highest BCUT2D eigenvalue weighted by molar-refractivity contribution is 14.0. The Labute approximate surface area is 178 Å². The summed E-state index contributed by atoms with van der Waals surface area (Å²) in [5, 5.41) is 6.92. The van der Waals surface area contributed by atoms with Crippen LogP contribution in [0.15, 0.2) is 4.99 Å². The predicted octanol–water partition coefficient (Wildman–Crippen LogP) is 3.01.